The molecule has 0 aliphatic heterocycles. The van der Waals surface area contributed by atoms with Crippen molar-refractivity contribution in [3.63, 3.8) is 0 Å². The van der Waals surface area contributed by atoms with E-state index in [9.17, 15) is 4.21 Å². The molecule has 1 fully saturated rings. The summed E-state index contributed by atoms with van der Waals surface area (Å²) >= 11 is 3.31. The van der Waals surface area contributed by atoms with Crippen LogP contribution in [0.4, 0.5) is 0 Å². The van der Waals surface area contributed by atoms with Crippen molar-refractivity contribution in [3.8, 4) is 0 Å². The molecule has 1 unspecified atom stereocenters. The van der Waals surface area contributed by atoms with Crippen molar-refractivity contribution in [2.24, 2.45) is 0 Å². The summed E-state index contributed by atoms with van der Waals surface area (Å²) < 4.78 is 20.6. The average molecular weight is 260 g/mol. The fraction of sp³-hybridized carbons (Fsp3) is 0.333. The molecule has 4 heteroatoms. The summed E-state index contributed by atoms with van der Waals surface area (Å²) in [5.41, 5.74) is 0. The number of hydrogen-bond acceptors (Lipinski definition) is 2. The maximum atomic E-state index is 11.9. The van der Waals surface area contributed by atoms with Crippen LogP contribution in [-0.4, -0.2) is 9.46 Å². The normalized spacial score (nSPS) is 21.0. The molecule has 0 saturated heterocycles. The number of benzene rings is 1. The van der Waals surface area contributed by atoms with E-state index in [0.29, 0.717) is 4.90 Å². The van der Waals surface area contributed by atoms with E-state index < -0.39 is 9.73 Å². The van der Waals surface area contributed by atoms with E-state index in [1.165, 1.54) is 0 Å². The van der Waals surface area contributed by atoms with Crippen molar-refractivity contribution in [2.45, 2.75) is 23.0 Å². The highest BCUT2D eigenvalue weighted by Crippen LogP contribution is 2.34. The molecule has 2 rings (SSSR count). The molecule has 1 aliphatic carbocycles. The Labute approximate surface area is 86.5 Å². The first-order valence-electron chi connectivity index (χ1n) is 4.14. The zero-order chi connectivity index (χ0) is 9.47. The Balaban J connectivity index is 2.40. The van der Waals surface area contributed by atoms with Gasteiger partial charge < -0.3 is 0 Å². The first-order chi connectivity index (χ1) is 6.10. The summed E-state index contributed by atoms with van der Waals surface area (Å²) in [6.45, 7) is 0. The van der Waals surface area contributed by atoms with Gasteiger partial charge in [0.05, 0.1) is 9.73 Å². The minimum Gasteiger partial charge on any atom is -0.249 e. The molecule has 0 heterocycles. The van der Waals surface area contributed by atoms with E-state index >= 15 is 0 Å². The molecule has 0 bridgehead atoms. The van der Waals surface area contributed by atoms with Gasteiger partial charge in [-0.2, -0.15) is 0 Å². The van der Waals surface area contributed by atoms with Gasteiger partial charge >= 0.3 is 0 Å². The molecule has 1 aliphatic rings. The van der Waals surface area contributed by atoms with Gasteiger partial charge in [0.25, 0.3) is 0 Å². The van der Waals surface area contributed by atoms with E-state index in [4.69, 9.17) is 4.78 Å². The lowest BCUT2D eigenvalue weighted by Gasteiger charge is -2.04. The van der Waals surface area contributed by atoms with Crippen LogP contribution in [0.25, 0.3) is 0 Å². The summed E-state index contributed by atoms with van der Waals surface area (Å²) in [5, 5.41) is 0.105. The van der Waals surface area contributed by atoms with E-state index in [1.54, 1.807) is 12.1 Å². The summed E-state index contributed by atoms with van der Waals surface area (Å²) in [5.74, 6) is 0. The lowest BCUT2D eigenvalue weighted by Crippen LogP contribution is -2.04. The summed E-state index contributed by atoms with van der Waals surface area (Å²) in [7, 11) is -2.50. The highest BCUT2D eigenvalue weighted by atomic mass is 79.9. The number of hydrogen-bond donors (Lipinski definition) is 1. The highest BCUT2D eigenvalue weighted by Gasteiger charge is 2.33. The molecular weight excluding hydrogens is 250 g/mol. The predicted octanol–water partition coefficient (Wildman–Crippen LogP) is 3.02. The van der Waals surface area contributed by atoms with Crippen molar-refractivity contribution < 1.29 is 4.21 Å². The van der Waals surface area contributed by atoms with Crippen LogP contribution >= 0.6 is 15.9 Å². The fourth-order valence-corrected chi connectivity index (χ4v) is 3.22. The monoisotopic (exact) mass is 259 g/mol. The largest absolute Gasteiger partial charge is 0.249 e. The van der Waals surface area contributed by atoms with Gasteiger partial charge in [-0.3, -0.25) is 0 Å². The molecular formula is C9H10BrNOS. The Morgan fingerprint density at radius 2 is 1.85 bits per heavy atom. The molecule has 0 aromatic heterocycles. The van der Waals surface area contributed by atoms with E-state index in [-0.39, 0.29) is 5.25 Å². The second-order valence-electron chi connectivity index (χ2n) is 3.25. The molecule has 70 valence electrons. The van der Waals surface area contributed by atoms with Crippen LogP contribution in [0.5, 0.6) is 0 Å². The maximum Gasteiger partial charge on any atom is 0.0755 e. The van der Waals surface area contributed by atoms with Crippen molar-refractivity contribution >= 4 is 25.7 Å². The van der Waals surface area contributed by atoms with Crippen LogP contribution in [0.15, 0.2) is 33.6 Å². The molecule has 13 heavy (non-hydrogen) atoms. The van der Waals surface area contributed by atoms with Crippen LogP contribution in [-0.2, 0) is 9.73 Å². The summed E-state index contributed by atoms with van der Waals surface area (Å²) in [6, 6.07) is 7.23. The first-order valence-corrected chi connectivity index (χ1v) is 6.55. The molecule has 0 radical (unpaired) electrons. The van der Waals surface area contributed by atoms with Gasteiger partial charge in [0.2, 0.25) is 0 Å². The fourth-order valence-electron chi connectivity index (χ4n) is 1.23. The lowest BCUT2D eigenvalue weighted by atomic mass is 10.4. The SMILES string of the molecule is N=S(=O)(c1ccc(Br)cc1)C1CC1. The van der Waals surface area contributed by atoms with Gasteiger partial charge in [0, 0.05) is 14.6 Å². The maximum absolute atomic E-state index is 11.9. The van der Waals surface area contributed by atoms with Crippen molar-refractivity contribution in [1.29, 1.82) is 4.78 Å². The molecule has 1 aromatic carbocycles. The topological polar surface area (TPSA) is 40.9 Å². The van der Waals surface area contributed by atoms with Gasteiger partial charge in [-0.1, -0.05) is 15.9 Å². The Morgan fingerprint density at radius 1 is 1.31 bits per heavy atom. The van der Waals surface area contributed by atoms with Crippen molar-refractivity contribution in [3.05, 3.63) is 28.7 Å². The minimum absolute atomic E-state index is 0.105. The third kappa shape index (κ3) is 1.79. The van der Waals surface area contributed by atoms with Crippen LogP contribution in [0.1, 0.15) is 12.8 Å². The summed E-state index contributed by atoms with van der Waals surface area (Å²) in [4.78, 5) is 0.665. The minimum atomic E-state index is -2.50. The van der Waals surface area contributed by atoms with Gasteiger partial charge in [0.1, 0.15) is 0 Å². The van der Waals surface area contributed by atoms with Gasteiger partial charge in [-0.15, -0.1) is 0 Å². The first kappa shape index (κ1) is 9.21. The quantitative estimate of drug-likeness (QED) is 0.872. The molecule has 1 aromatic rings. The standard InChI is InChI=1S/C9H10BrNOS/c10-7-1-3-8(4-2-7)13(11,12)9-5-6-9/h1-4,9,11H,5-6H2. The Bertz CT molecular complexity index is 406. The van der Waals surface area contributed by atoms with Crippen LogP contribution < -0.4 is 0 Å². The van der Waals surface area contributed by atoms with Gasteiger partial charge in [-0.05, 0) is 37.1 Å². The second kappa shape index (κ2) is 3.10. The Hall–Kier alpha value is -0.350. The summed E-state index contributed by atoms with van der Waals surface area (Å²) in [6.07, 6.45) is 1.89. The second-order valence-corrected chi connectivity index (χ2v) is 6.51. The molecule has 0 spiro atoms. The zero-order valence-electron chi connectivity index (χ0n) is 7.00. The predicted molar refractivity (Wildman–Crippen MR) is 56.3 cm³/mol. The molecule has 1 atom stereocenters. The van der Waals surface area contributed by atoms with Crippen LogP contribution in [0.3, 0.4) is 0 Å². The average Bonchev–Trinajstić information content (AvgIpc) is 2.87. The van der Waals surface area contributed by atoms with E-state index in [2.05, 4.69) is 15.9 Å². The highest BCUT2D eigenvalue weighted by molar-refractivity contribution is 9.10. The molecule has 0 amide bonds. The molecule has 1 N–H and O–H groups in total. The van der Waals surface area contributed by atoms with E-state index in [0.717, 1.165) is 17.3 Å². The van der Waals surface area contributed by atoms with Crippen molar-refractivity contribution in [1.82, 2.24) is 0 Å². The number of nitrogens with one attached hydrogen (secondary N) is 1. The third-order valence-corrected chi connectivity index (χ3v) is 5.07. The van der Waals surface area contributed by atoms with Crippen molar-refractivity contribution in [2.75, 3.05) is 0 Å². The molecule has 2 nitrogen and oxygen atoms in total. The third-order valence-electron chi connectivity index (χ3n) is 2.16. The smallest absolute Gasteiger partial charge is 0.0755 e. The van der Waals surface area contributed by atoms with Crippen LogP contribution in [0.2, 0.25) is 0 Å². The van der Waals surface area contributed by atoms with E-state index in [1.807, 2.05) is 12.1 Å². The lowest BCUT2D eigenvalue weighted by molar-refractivity contribution is 0.673. The van der Waals surface area contributed by atoms with Crippen LogP contribution in [0, 0.1) is 4.78 Å². The Kier molecular flexibility index (Phi) is 2.20. The zero-order valence-corrected chi connectivity index (χ0v) is 9.40. The van der Waals surface area contributed by atoms with Gasteiger partial charge in [0.15, 0.2) is 0 Å². The Morgan fingerprint density at radius 3 is 2.31 bits per heavy atom. The number of rotatable bonds is 2. The van der Waals surface area contributed by atoms with Gasteiger partial charge in [-0.25, -0.2) is 8.99 Å². The molecule has 1 saturated carbocycles. The number of halogens is 1.